The van der Waals surface area contributed by atoms with Crippen LogP contribution in [0.2, 0.25) is 0 Å². The Bertz CT molecular complexity index is 624. The zero-order valence-electron chi connectivity index (χ0n) is 12.1. The fourth-order valence-corrected chi connectivity index (χ4v) is 2.17. The van der Waals surface area contributed by atoms with E-state index in [-0.39, 0.29) is 31.6 Å². The van der Waals surface area contributed by atoms with Crippen LogP contribution in [0, 0.1) is 0 Å². The number of carbonyl (C=O) groups excluding carboxylic acids is 1. The first-order chi connectivity index (χ1) is 10.8. The third-order valence-electron chi connectivity index (χ3n) is 3.51. The van der Waals surface area contributed by atoms with Crippen LogP contribution in [0.25, 0.3) is 0 Å². The van der Waals surface area contributed by atoms with Crippen LogP contribution in [0.5, 0.6) is 0 Å². The number of carboxylic acid groups (broad SMARTS) is 1. The topological polar surface area (TPSA) is 69.6 Å². The summed E-state index contributed by atoms with van der Waals surface area (Å²) in [5.74, 6) is -1.04. The Labute approximate surface area is 130 Å². The molecule has 124 valence electrons. The molecule has 0 spiro atoms. The summed E-state index contributed by atoms with van der Waals surface area (Å²) in [7, 11) is 0. The summed E-state index contributed by atoms with van der Waals surface area (Å²) in [6, 6.07) is 5.53. The third kappa shape index (κ3) is 4.48. The van der Waals surface area contributed by atoms with Gasteiger partial charge in [-0.05, 0) is 24.1 Å². The van der Waals surface area contributed by atoms with Gasteiger partial charge in [0.1, 0.15) is 0 Å². The highest BCUT2D eigenvalue weighted by molar-refractivity contribution is 5.87. The normalized spacial score (nSPS) is 15.1. The molecule has 8 heteroatoms. The zero-order chi connectivity index (χ0) is 17.0. The summed E-state index contributed by atoms with van der Waals surface area (Å²) in [4.78, 5) is 23.9. The number of carbonyl (C=O) groups is 2. The summed E-state index contributed by atoms with van der Waals surface area (Å²) in [6.07, 6.45) is -3.54. The molecule has 0 radical (unpaired) electrons. The lowest BCUT2D eigenvalue weighted by Crippen LogP contribution is -2.42. The first-order valence-corrected chi connectivity index (χ1v) is 6.88. The Morgan fingerprint density at radius 3 is 2.35 bits per heavy atom. The van der Waals surface area contributed by atoms with E-state index >= 15 is 0 Å². The van der Waals surface area contributed by atoms with Crippen molar-refractivity contribution in [2.24, 2.45) is 0 Å². The van der Waals surface area contributed by atoms with Crippen molar-refractivity contribution in [2.45, 2.75) is 19.1 Å². The van der Waals surface area contributed by atoms with Crippen molar-refractivity contribution in [3.63, 3.8) is 0 Å². The minimum Gasteiger partial charge on any atom is -0.478 e. The van der Waals surface area contributed by atoms with E-state index in [0.29, 0.717) is 5.56 Å². The molecule has 0 saturated carbocycles. The Balaban J connectivity index is 1.86. The van der Waals surface area contributed by atoms with E-state index < -0.39 is 23.7 Å². The number of benzene rings is 1. The lowest BCUT2D eigenvalue weighted by molar-refractivity contribution is -0.0956. The lowest BCUT2D eigenvalue weighted by atomic mass is 10.1. The van der Waals surface area contributed by atoms with E-state index in [9.17, 15) is 22.8 Å². The number of carboxylic acids is 1. The van der Waals surface area contributed by atoms with Gasteiger partial charge in [0.2, 0.25) is 0 Å². The van der Waals surface area contributed by atoms with Gasteiger partial charge in [0, 0.05) is 25.2 Å². The average molecular weight is 328 g/mol. The summed E-state index contributed by atoms with van der Waals surface area (Å²) >= 11 is 0. The molecule has 2 amide bonds. The van der Waals surface area contributed by atoms with Crippen molar-refractivity contribution >= 4 is 12.0 Å². The minimum absolute atomic E-state index is 0.00906. The Hall–Kier alpha value is -2.51. The number of urea groups is 1. The highest BCUT2D eigenvalue weighted by Crippen LogP contribution is 2.30. The van der Waals surface area contributed by atoms with Crippen molar-refractivity contribution in [1.82, 2.24) is 10.2 Å². The van der Waals surface area contributed by atoms with Crippen molar-refractivity contribution in [3.8, 4) is 0 Å². The van der Waals surface area contributed by atoms with E-state index in [2.05, 4.69) is 5.32 Å². The molecule has 0 aliphatic carbocycles. The van der Waals surface area contributed by atoms with Gasteiger partial charge in [0.15, 0.2) is 0 Å². The highest BCUT2D eigenvalue weighted by Gasteiger charge is 2.35. The number of nitrogens with zero attached hydrogens (tertiary/aromatic N) is 1. The second-order valence-corrected chi connectivity index (χ2v) is 5.08. The van der Waals surface area contributed by atoms with Gasteiger partial charge in [-0.15, -0.1) is 0 Å². The quantitative estimate of drug-likeness (QED) is 0.838. The molecule has 1 heterocycles. The first-order valence-electron chi connectivity index (χ1n) is 6.88. The number of hydrogen-bond acceptors (Lipinski definition) is 2. The van der Waals surface area contributed by atoms with Crippen LogP contribution in [0.15, 0.2) is 35.9 Å². The van der Waals surface area contributed by atoms with Gasteiger partial charge in [-0.3, -0.25) is 0 Å². The number of nitrogens with one attached hydrogen (secondary N) is 1. The van der Waals surface area contributed by atoms with E-state index in [1.807, 2.05) is 0 Å². The predicted octanol–water partition coefficient (Wildman–Crippen LogP) is 2.79. The number of hydrogen-bond donors (Lipinski definition) is 2. The maximum Gasteiger partial charge on any atom is 0.412 e. The average Bonchev–Trinajstić information content (AvgIpc) is 2.52. The van der Waals surface area contributed by atoms with Crippen molar-refractivity contribution in [1.29, 1.82) is 0 Å². The van der Waals surface area contributed by atoms with Crippen LogP contribution < -0.4 is 5.32 Å². The third-order valence-corrected chi connectivity index (χ3v) is 3.51. The molecule has 5 nitrogen and oxygen atoms in total. The molecule has 1 aliphatic rings. The molecule has 1 aromatic rings. The molecule has 2 N–H and O–H groups in total. The molecule has 1 aliphatic heterocycles. The summed E-state index contributed by atoms with van der Waals surface area (Å²) in [5.41, 5.74) is 0.235. The molecule has 0 saturated heterocycles. The fourth-order valence-electron chi connectivity index (χ4n) is 2.17. The molecule has 23 heavy (non-hydrogen) atoms. The second-order valence-electron chi connectivity index (χ2n) is 5.08. The molecule has 0 atom stereocenters. The van der Waals surface area contributed by atoms with Crippen molar-refractivity contribution < 1.29 is 27.9 Å². The van der Waals surface area contributed by atoms with E-state index in [1.54, 1.807) is 12.1 Å². The van der Waals surface area contributed by atoms with Gasteiger partial charge >= 0.3 is 18.2 Å². The van der Waals surface area contributed by atoms with Crippen LogP contribution in [0.1, 0.15) is 22.3 Å². The number of halogens is 3. The molecule has 0 aromatic heterocycles. The van der Waals surface area contributed by atoms with Gasteiger partial charge in [-0.25, -0.2) is 9.59 Å². The van der Waals surface area contributed by atoms with Crippen LogP contribution in [-0.2, 0) is 6.54 Å². The Morgan fingerprint density at radius 2 is 1.87 bits per heavy atom. The molecule has 0 fully saturated rings. The second kappa shape index (κ2) is 6.72. The molecular formula is C15H15F3N2O3. The number of aromatic carboxylic acids is 1. The van der Waals surface area contributed by atoms with E-state index in [1.165, 1.54) is 17.0 Å². The molecule has 0 bridgehead atoms. The summed E-state index contributed by atoms with van der Waals surface area (Å²) in [6.45, 7) is 0.0961. The minimum atomic E-state index is -4.34. The zero-order valence-corrected chi connectivity index (χ0v) is 12.1. The maximum absolute atomic E-state index is 12.5. The SMILES string of the molecule is O=C(O)c1ccc(CNC(=O)N2CC=C(C(F)(F)F)CC2)cc1. The first kappa shape index (κ1) is 16.9. The van der Waals surface area contributed by atoms with E-state index in [0.717, 1.165) is 6.08 Å². The van der Waals surface area contributed by atoms with Gasteiger partial charge in [0.25, 0.3) is 0 Å². The van der Waals surface area contributed by atoms with E-state index in [4.69, 9.17) is 5.11 Å². The van der Waals surface area contributed by atoms with Crippen molar-refractivity contribution in [3.05, 3.63) is 47.0 Å². The van der Waals surface area contributed by atoms with Gasteiger partial charge in [0.05, 0.1) is 5.56 Å². The molecule has 0 unspecified atom stereocenters. The predicted molar refractivity (Wildman–Crippen MR) is 76.0 cm³/mol. The number of alkyl halides is 3. The van der Waals surface area contributed by atoms with Gasteiger partial charge in [-0.2, -0.15) is 13.2 Å². The van der Waals surface area contributed by atoms with Crippen LogP contribution in [-0.4, -0.2) is 41.3 Å². The number of rotatable bonds is 3. The van der Waals surface area contributed by atoms with Gasteiger partial charge in [-0.1, -0.05) is 18.2 Å². The standard InChI is InChI=1S/C15H15F3N2O3/c16-15(17,18)12-5-7-20(8-6-12)14(23)19-9-10-1-3-11(4-2-10)13(21)22/h1-5H,6-9H2,(H,19,23)(H,21,22). The summed E-state index contributed by atoms with van der Waals surface area (Å²) in [5, 5.41) is 11.4. The molecule has 2 rings (SSSR count). The Morgan fingerprint density at radius 1 is 1.22 bits per heavy atom. The maximum atomic E-state index is 12.5. The molecule has 1 aromatic carbocycles. The smallest absolute Gasteiger partial charge is 0.412 e. The lowest BCUT2D eigenvalue weighted by Gasteiger charge is -2.27. The van der Waals surface area contributed by atoms with Crippen LogP contribution in [0.4, 0.5) is 18.0 Å². The molecular weight excluding hydrogens is 313 g/mol. The van der Waals surface area contributed by atoms with Crippen LogP contribution in [0.3, 0.4) is 0 Å². The number of amides is 2. The fraction of sp³-hybridized carbons (Fsp3) is 0.333. The monoisotopic (exact) mass is 328 g/mol. The van der Waals surface area contributed by atoms with Crippen LogP contribution >= 0.6 is 0 Å². The highest BCUT2D eigenvalue weighted by atomic mass is 19.4. The largest absolute Gasteiger partial charge is 0.478 e. The van der Waals surface area contributed by atoms with Gasteiger partial charge < -0.3 is 15.3 Å². The van der Waals surface area contributed by atoms with Crippen molar-refractivity contribution in [2.75, 3.05) is 13.1 Å². The Kier molecular flexibility index (Phi) is 4.92. The summed E-state index contributed by atoms with van der Waals surface area (Å²) < 4.78 is 37.5.